The number of fused-ring (bicyclic) bond motifs is 5. The Morgan fingerprint density at radius 2 is 1.13 bits per heavy atom. The lowest BCUT2D eigenvalue weighted by Gasteiger charge is -2.62. The zero-order chi connectivity index (χ0) is 39.0. The van der Waals surface area contributed by atoms with Crippen molar-refractivity contribution in [2.24, 2.45) is 46.3 Å². The van der Waals surface area contributed by atoms with Gasteiger partial charge in [0.25, 0.3) is 5.91 Å². The summed E-state index contributed by atoms with van der Waals surface area (Å²) in [7, 11) is 0. The second kappa shape index (κ2) is 22.7. The highest BCUT2D eigenvalue weighted by Gasteiger charge is 2.62. The highest BCUT2D eigenvalue weighted by molar-refractivity contribution is 5.85. The molecular weight excluding hydrogens is 667 g/mol. The number of rotatable bonds is 27. The van der Waals surface area contributed by atoms with Gasteiger partial charge in [0, 0.05) is 19.5 Å². The van der Waals surface area contributed by atoms with Crippen molar-refractivity contribution >= 4 is 11.9 Å². The Balaban J connectivity index is 1.31. The van der Waals surface area contributed by atoms with Crippen LogP contribution in [0.15, 0.2) is 0 Å². The van der Waals surface area contributed by atoms with Crippen molar-refractivity contribution in [1.29, 1.82) is 0 Å². The van der Waals surface area contributed by atoms with E-state index in [1.165, 1.54) is 148 Å². The molecule has 0 aromatic heterocycles. The van der Waals surface area contributed by atoms with Gasteiger partial charge in [0.1, 0.15) is 5.60 Å². The molecule has 0 aliphatic heterocycles. The molecule has 0 saturated heterocycles. The number of carbonyl (C=O) groups excluding carboxylic acids is 1. The Labute approximate surface area is 334 Å². The third-order valence-electron chi connectivity index (χ3n) is 16.5. The number of hydrogen-bond donors (Lipinski definition) is 2. The standard InChI is InChI=1S/C49H89NO4/c1-6-8-10-12-14-16-18-20-22-24-36-50(37-25-23-21-19-17-15-13-11-9-7-2)46(53)49(54)35-34-47(4)40(38-49)27-28-41-43-30-29-42(39(3)26-31-45(51)52)48(43,5)33-32-44(41)47/h39-44,54H,6-38H2,1-5H3,(H,51,52)/t39-,40-,41+,42-,43+,44+,47+,48-,49-/m1/s1. The lowest BCUT2D eigenvalue weighted by atomic mass is 9.43. The van der Waals surface area contributed by atoms with E-state index in [4.69, 9.17) is 0 Å². The van der Waals surface area contributed by atoms with Crippen LogP contribution in [0.2, 0.25) is 0 Å². The zero-order valence-electron chi connectivity index (χ0n) is 36.5. The Kier molecular flexibility index (Phi) is 19.2. The summed E-state index contributed by atoms with van der Waals surface area (Å²) in [5.41, 5.74) is -0.658. The van der Waals surface area contributed by atoms with E-state index in [0.717, 1.165) is 57.0 Å². The quantitative estimate of drug-likeness (QED) is 0.0818. The number of aliphatic carboxylic acids is 1. The summed E-state index contributed by atoms with van der Waals surface area (Å²) in [5.74, 6) is 3.11. The number of hydrogen-bond acceptors (Lipinski definition) is 3. The van der Waals surface area contributed by atoms with E-state index in [1.54, 1.807) is 0 Å². The van der Waals surface area contributed by atoms with Gasteiger partial charge < -0.3 is 15.1 Å². The number of aliphatic hydroxyl groups is 1. The Hall–Kier alpha value is -1.10. The predicted octanol–water partition coefficient (Wildman–Crippen LogP) is 13.5. The maximum absolute atomic E-state index is 14.5. The summed E-state index contributed by atoms with van der Waals surface area (Å²) in [4.78, 5) is 28.0. The number of amides is 1. The van der Waals surface area contributed by atoms with Crippen molar-refractivity contribution in [3.63, 3.8) is 0 Å². The largest absolute Gasteiger partial charge is 0.481 e. The number of carbonyl (C=O) groups is 2. The van der Waals surface area contributed by atoms with Gasteiger partial charge in [0.05, 0.1) is 0 Å². The molecule has 4 saturated carbocycles. The molecule has 1 amide bonds. The van der Waals surface area contributed by atoms with E-state index in [2.05, 4.69) is 39.5 Å². The molecule has 0 unspecified atom stereocenters. The van der Waals surface area contributed by atoms with Crippen LogP contribution in [0.5, 0.6) is 0 Å². The highest BCUT2D eigenvalue weighted by atomic mass is 16.4. The average molecular weight is 756 g/mol. The molecule has 0 radical (unpaired) electrons. The van der Waals surface area contributed by atoms with Crippen LogP contribution >= 0.6 is 0 Å². The first kappa shape index (κ1) is 45.6. The van der Waals surface area contributed by atoms with Crippen LogP contribution in [0.3, 0.4) is 0 Å². The minimum absolute atomic E-state index is 0.0590. The molecule has 5 nitrogen and oxygen atoms in total. The summed E-state index contributed by atoms with van der Waals surface area (Å²) in [5, 5.41) is 21.7. The summed E-state index contributed by atoms with van der Waals surface area (Å²) < 4.78 is 0. The third-order valence-corrected chi connectivity index (χ3v) is 16.5. The summed E-state index contributed by atoms with van der Waals surface area (Å²) in [6.45, 7) is 13.6. The molecule has 5 heteroatoms. The van der Waals surface area contributed by atoms with Gasteiger partial charge in [-0.1, -0.05) is 150 Å². The number of unbranched alkanes of at least 4 members (excludes halogenated alkanes) is 18. The Bertz CT molecular complexity index is 1070. The molecular formula is C49H89NO4. The molecule has 0 aromatic carbocycles. The van der Waals surface area contributed by atoms with Gasteiger partial charge in [-0.25, -0.2) is 0 Å². The van der Waals surface area contributed by atoms with Gasteiger partial charge in [-0.05, 0) is 123 Å². The van der Waals surface area contributed by atoms with E-state index in [-0.39, 0.29) is 11.3 Å². The van der Waals surface area contributed by atoms with Crippen molar-refractivity contribution in [1.82, 2.24) is 4.90 Å². The molecule has 4 rings (SSSR count). The molecule has 0 bridgehead atoms. The van der Waals surface area contributed by atoms with Gasteiger partial charge >= 0.3 is 5.97 Å². The minimum Gasteiger partial charge on any atom is -0.481 e. The maximum Gasteiger partial charge on any atom is 0.303 e. The topological polar surface area (TPSA) is 77.8 Å². The van der Waals surface area contributed by atoms with Gasteiger partial charge in [-0.15, -0.1) is 0 Å². The molecule has 0 heterocycles. The molecule has 9 atom stereocenters. The predicted molar refractivity (Wildman–Crippen MR) is 226 cm³/mol. The highest BCUT2D eigenvalue weighted by Crippen LogP contribution is 2.69. The normalized spacial score (nSPS) is 32.4. The number of nitrogens with zero attached hydrogens (tertiary/aromatic N) is 1. The fourth-order valence-corrected chi connectivity index (χ4v) is 13.2. The third kappa shape index (κ3) is 12.2. The molecule has 314 valence electrons. The Morgan fingerprint density at radius 3 is 1.65 bits per heavy atom. The summed E-state index contributed by atoms with van der Waals surface area (Å²) >= 11 is 0. The van der Waals surface area contributed by atoms with Crippen LogP contribution in [0.4, 0.5) is 0 Å². The fourth-order valence-electron chi connectivity index (χ4n) is 13.2. The number of carboxylic acids is 1. The van der Waals surface area contributed by atoms with E-state index < -0.39 is 11.6 Å². The first-order valence-electron chi connectivity index (χ1n) is 24.2. The second-order valence-electron chi connectivity index (χ2n) is 20.2. The minimum atomic E-state index is -1.20. The van der Waals surface area contributed by atoms with E-state index >= 15 is 0 Å². The van der Waals surface area contributed by atoms with E-state index in [1.807, 2.05) is 0 Å². The Morgan fingerprint density at radius 1 is 0.630 bits per heavy atom. The molecule has 54 heavy (non-hydrogen) atoms. The molecule has 2 N–H and O–H groups in total. The smallest absolute Gasteiger partial charge is 0.303 e. The van der Waals surface area contributed by atoms with E-state index in [0.29, 0.717) is 48.3 Å². The SMILES string of the molecule is CCCCCCCCCCCCN(CCCCCCCCCCCC)C(=O)[C@@]1(O)CC[C@@]2(C)[C@H](CC[C@@H]3[C@@H]2CC[C@]2(C)[C@@H]([C@H](C)CCC(=O)O)CC[C@@H]32)C1. The van der Waals surface area contributed by atoms with Gasteiger partial charge in [0.2, 0.25) is 0 Å². The summed E-state index contributed by atoms with van der Waals surface area (Å²) in [6, 6.07) is 0. The number of carboxylic acid groups (broad SMARTS) is 1. The molecule has 0 spiro atoms. The lowest BCUT2D eigenvalue weighted by molar-refractivity contribution is -0.177. The van der Waals surface area contributed by atoms with Crippen LogP contribution < -0.4 is 0 Å². The first-order chi connectivity index (χ1) is 26.0. The van der Waals surface area contributed by atoms with E-state index in [9.17, 15) is 19.8 Å². The van der Waals surface area contributed by atoms with Crippen molar-refractivity contribution in [3.8, 4) is 0 Å². The van der Waals surface area contributed by atoms with Crippen LogP contribution in [-0.2, 0) is 9.59 Å². The average Bonchev–Trinajstić information content (AvgIpc) is 3.51. The van der Waals surface area contributed by atoms with Gasteiger partial charge in [-0.3, -0.25) is 9.59 Å². The molecule has 4 aliphatic rings. The lowest BCUT2D eigenvalue weighted by Crippen LogP contribution is -2.59. The van der Waals surface area contributed by atoms with Crippen LogP contribution in [0.25, 0.3) is 0 Å². The van der Waals surface area contributed by atoms with Crippen molar-refractivity contribution in [2.75, 3.05) is 13.1 Å². The van der Waals surface area contributed by atoms with Crippen LogP contribution in [0.1, 0.15) is 234 Å². The molecule has 0 aromatic rings. The van der Waals surface area contributed by atoms with Crippen molar-refractivity contribution in [2.45, 2.75) is 239 Å². The van der Waals surface area contributed by atoms with Crippen LogP contribution in [-0.4, -0.2) is 45.7 Å². The van der Waals surface area contributed by atoms with Crippen molar-refractivity contribution in [3.05, 3.63) is 0 Å². The second-order valence-corrected chi connectivity index (χ2v) is 20.2. The van der Waals surface area contributed by atoms with Gasteiger partial charge in [0.15, 0.2) is 0 Å². The first-order valence-corrected chi connectivity index (χ1v) is 24.2. The molecule has 4 fully saturated rings. The molecule has 4 aliphatic carbocycles. The zero-order valence-corrected chi connectivity index (χ0v) is 36.5. The van der Waals surface area contributed by atoms with Crippen LogP contribution in [0, 0.1) is 46.3 Å². The fraction of sp³-hybridized carbons (Fsp3) is 0.959. The monoisotopic (exact) mass is 756 g/mol. The van der Waals surface area contributed by atoms with Gasteiger partial charge in [-0.2, -0.15) is 0 Å². The van der Waals surface area contributed by atoms with Crippen molar-refractivity contribution < 1.29 is 19.8 Å². The summed E-state index contributed by atoms with van der Waals surface area (Å²) in [6.07, 6.45) is 36.8. The maximum atomic E-state index is 14.5.